The first-order valence-electron chi connectivity index (χ1n) is 5.50. The highest BCUT2D eigenvalue weighted by Gasteiger charge is 2.22. The molecule has 1 nitrogen and oxygen atoms in total. The molecule has 0 saturated heterocycles. The molecule has 0 saturated carbocycles. The molecule has 3 heteroatoms. The van der Waals surface area contributed by atoms with Gasteiger partial charge < -0.3 is 5.73 Å². The van der Waals surface area contributed by atoms with Crippen molar-refractivity contribution in [2.45, 2.75) is 32.9 Å². The predicted molar refractivity (Wildman–Crippen MR) is 64.9 cm³/mol. The summed E-state index contributed by atoms with van der Waals surface area (Å²) in [7, 11) is 0. The van der Waals surface area contributed by atoms with Gasteiger partial charge in [-0.3, -0.25) is 0 Å². The molecule has 2 N–H and O–H groups in total. The van der Waals surface area contributed by atoms with Crippen LogP contribution in [0, 0.1) is 11.8 Å². The molecule has 1 heterocycles. The van der Waals surface area contributed by atoms with Crippen LogP contribution < -0.4 is 5.73 Å². The molecule has 0 aliphatic carbocycles. The second-order valence-electron chi connectivity index (χ2n) is 4.33. The zero-order chi connectivity index (χ0) is 11.3. The summed E-state index contributed by atoms with van der Waals surface area (Å²) in [4.78, 5) is 0. The fraction of sp³-hybridized carbons (Fsp3) is 0.667. The van der Waals surface area contributed by atoms with Gasteiger partial charge in [0.1, 0.15) is 6.17 Å². The van der Waals surface area contributed by atoms with Crippen molar-refractivity contribution in [3.8, 4) is 0 Å². The molecule has 0 fully saturated rings. The number of hydrogen-bond acceptors (Lipinski definition) is 2. The molecule has 0 bridgehead atoms. The van der Waals surface area contributed by atoms with Gasteiger partial charge in [0, 0.05) is 5.92 Å². The van der Waals surface area contributed by atoms with Crippen LogP contribution in [0.15, 0.2) is 16.8 Å². The van der Waals surface area contributed by atoms with E-state index < -0.39 is 6.17 Å². The van der Waals surface area contributed by atoms with Crippen molar-refractivity contribution in [3.63, 3.8) is 0 Å². The summed E-state index contributed by atoms with van der Waals surface area (Å²) >= 11 is 1.66. The number of thiophene rings is 1. The largest absolute Gasteiger partial charge is 0.330 e. The van der Waals surface area contributed by atoms with Gasteiger partial charge in [-0.1, -0.05) is 13.8 Å². The van der Waals surface area contributed by atoms with Gasteiger partial charge in [-0.15, -0.1) is 0 Å². The second-order valence-corrected chi connectivity index (χ2v) is 5.11. The predicted octanol–water partition coefficient (Wildman–Crippen LogP) is 3.25. The van der Waals surface area contributed by atoms with E-state index >= 15 is 0 Å². The van der Waals surface area contributed by atoms with E-state index in [9.17, 15) is 4.39 Å². The Morgan fingerprint density at radius 2 is 2.20 bits per heavy atom. The van der Waals surface area contributed by atoms with Crippen LogP contribution in [0.5, 0.6) is 0 Å². The minimum absolute atomic E-state index is 0.00337. The van der Waals surface area contributed by atoms with Crippen LogP contribution in [0.3, 0.4) is 0 Å². The lowest BCUT2D eigenvalue weighted by molar-refractivity contribution is 0.176. The summed E-state index contributed by atoms with van der Waals surface area (Å²) in [5.41, 5.74) is 6.82. The SMILES string of the molecule is CC(C)C(CN)C(F)CCc1ccsc1. The third-order valence-electron chi connectivity index (χ3n) is 2.88. The molecule has 0 aromatic carbocycles. The molecule has 1 aromatic heterocycles. The lowest BCUT2D eigenvalue weighted by atomic mass is 9.88. The molecule has 0 aliphatic heterocycles. The molecular weight excluding hydrogens is 209 g/mol. The van der Waals surface area contributed by atoms with Gasteiger partial charge in [-0.05, 0) is 47.7 Å². The number of hydrogen-bond donors (Lipinski definition) is 1. The third-order valence-corrected chi connectivity index (χ3v) is 3.61. The third kappa shape index (κ3) is 3.92. The standard InChI is InChI=1S/C12H20FNS/c1-9(2)11(7-14)12(13)4-3-10-5-6-15-8-10/h5-6,8-9,11-12H,3-4,7,14H2,1-2H3. The Labute approximate surface area is 95.5 Å². The summed E-state index contributed by atoms with van der Waals surface area (Å²) in [5.74, 6) is 0.330. The summed E-state index contributed by atoms with van der Waals surface area (Å²) in [6.45, 7) is 4.52. The molecule has 0 aliphatic rings. The van der Waals surface area contributed by atoms with Crippen LogP contribution in [0.1, 0.15) is 25.8 Å². The molecule has 1 rings (SSSR count). The van der Waals surface area contributed by atoms with Gasteiger partial charge in [0.25, 0.3) is 0 Å². The lowest BCUT2D eigenvalue weighted by Gasteiger charge is -2.22. The smallest absolute Gasteiger partial charge is 0.105 e. The van der Waals surface area contributed by atoms with Crippen LogP contribution in [-0.4, -0.2) is 12.7 Å². The molecule has 2 atom stereocenters. The second kappa shape index (κ2) is 6.23. The van der Waals surface area contributed by atoms with E-state index in [4.69, 9.17) is 5.73 Å². The first-order valence-corrected chi connectivity index (χ1v) is 6.44. The average Bonchev–Trinajstić information content (AvgIpc) is 2.67. The van der Waals surface area contributed by atoms with E-state index in [1.807, 2.05) is 19.2 Å². The summed E-state index contributed by atoms with van der Waals surface area (Å²) in [6, 6.07) is 2.06. The van der Waals surface area contributed by atoms with Crippen molar-refractivity contribution in [2.24, 2.45) is 17.6 Å². The maximum atomic E-state index is 13.8. The highest BCUT2D eigenvalue weighted by molar-refractivity contribution is 7.07. The average molecular weight is 229 g/mol. The molecular formula is C12H20FNS. The van der Waals surface area contributed by atoms with Crippen molar-refractivity contribution >= 4 is 11.3 Å². The molecule has 0 amide bonds. The van der Waals surface area contributed by atoms with Crippen LogP contribution in [-0.2, 0) is 6.42 Å². The van der Waals surface area contributed by atoms with Gasteiger partial charge in [-0.25, -0.2) is 4.39 Å². The van der Waals surface area contributed by atoms with Crippen LogP contribution in [0.25, 0.3) is 0 Å². The first-order chi connectivity index (χ1) is 7.15. The van der Waals surface area contributed by atoms with Crippen LogP contribution in [0.4, 0.5) is 4.39 Å². The molecule has 86 valence electrons. The Kier molecular flexibility index (Phi) is 5.26. The van der Waals surface area contributed by atoms with Gasteiger partial charge in [0.2, 0.25) is 0 Å². The van der Waals surface area contributed by atoms with Gasteiger partial charge in [0.05, 0.1) is 0 Å². The van der Waals surface area contributed by atoms with Crippen LogP contribution in [0.2, 0.25) is 0 Å². The molecule has 2 unspecified atom stereocenters. The number of halogens is 1. The van der Waals surface area contributed by atoms with E-state index in [1.165, 1.54) is 5.56 Å². The van der Waals surface area contributed by atoms with Crippen molar-refractivity contribution in [1.82, 2.24) is 0 Å². The molecule has 15 heavy (non-hydrogen) atoms. The topological polar surface area (TPSA) is 26.0 Å². The van der Waals surface area contributed by atoms with E-state index in [0.717, 1.165) is 6.42 Å². The highest BCUT2D eigenvalue weighted by atomic mass is 32.1. The van der Waals surface area contributed by atoms with Gasteiger partial charge >= 0.3 is 0 Å². The Morgan fingerprint density at radius 1 is 1.47 bits per heavy atom. The van der Waals surface area contributed by atoms with E-state index in [-0.39, 0.29) is 5.92 Å². The van der Waals surface area contributed by atoms with Gasteiger partial charge in [0.15, 0.2) is 0 Å². The van der Waals surface area contributed by atoms with Gasteiger partial charge in [-0.2, -0.15) is 11.3 Å². The molecule has 0 radical (unpaired) electrons. The zero-order valence-electron chi connectivity index (χ0n) is 9.45. The van der Waals surface area contributed by atoms with Crippen molar-refractivity contribution in [2.75, 3.05) is 6.54 Å². The molecule has 1 aromatic rings. The minimum atomic E-state index is -0.769. The summed E-state index contributed by atoms with van der Waals surface area (Å²) in [5, 5.41) is 4.12. The van der Waals surface area contributed by atoms with E-state index in [2.05, 4.69) is 11.4 Å². The number of aryl methyl sites for hydroxylation is 1. The summed E-state index contributed by atoms with van der Waals surface area (Å²) < 4.78 is 13.8. The van der Waals surface area contributed by atoms with E-state index in [0.29, 0.717) is 18.9 Å². The maximum absolute atomic E-state index is 13.8. The highest BCUT2D eigenvalue weighted by Crippen LogP contribution is 2.21. The zero-order valence-corrected chi connectivity index (χ0v) is 10.3. The summed E-state index contributed by atoms with van der Waals surface area (Å²) in [6.07, 6.45) is 0.653. The number of nitrogens with two attached hydrogens (primary N) is 1. The van der Waals surface area contributed by atoms with Crippen molar-refractivity contribution in [3.05, 3.63) is 22.4 Å². The lowest BCUT2D eigenvalue weighted by Crippen LogP contribution is -2.29. The monoisotopic (exact) mass is 229 g/mol. The Balaban J connectivity index is 2.37. The van der Waals surface area contributed by atoms with Crippen molar-refractivity contribution < 1.29 is 4.39 Å². The van der Waals surface area contributed by atoms with Crippen LogP contribution >= 0.6 is 11.3 Å². The fourth-order valence-corrected chi connectivity index (χ4v) is 2.49. The first kappa shape index (κ1) is 12.7. The number of alkyl halides is 1. The minimum Gasteiger partial charge on any atom is -0.330 e. The fourth-order valence-electron chi connectivity index (χ4n) is 1.79. The van der Waals surface area contributed by atoms with Crippen molar-refractivity contribution in [1.29, 1.82) is 0 Å². The Hall–Kier alpha value is -0.410. The Morgan fingerprint density at radius 3 is 2.67 bits per heavy atom. The normalized spacial score (nSPS) is 15.5. The quantitative estimate of drug-likeness (QED) is 0.796. The maximum Gasteiger partial charge on any atom is 0.105 e. The Bertz CT molecular complexity index is 259. The van der Waals surface area contributed by atoms with E-state index in [1.54, 1.807) is 11.3 Å². The molecule has 0 spiro atoms. The number of rotatable bonds is 6.